The van der Waals surface area contributed by atoms with E-state index < -0.39 is 5.54 Å². The lowest BCUT2D eigenvalue weighted by Gasteiger charge is -2.24. The highest BCUT2D eigenvalue weighted by molar-refractivity contribution is 9.10. The van der Waals surface area contributed by atoms with Crippen LogP contribution in [0.3, 0.4) is 0 Å². The van der Waals surface area contributed by atoms with Gasteiger partial charge in [0.2, 0.25) is 0 Å². The van der Waals surface area contributed by atoms with Crippen LogP contribution in [0.1, 0.15) is 23.1 Å². The molecule has 2 nitrogen and oxygen atoms in total. The molecule has 0 bridgehead atoms. The smallest absolute Gasteiger partial charge is 0.133 e. The molecule has 0 radical (unpaired) electrons. The first kappa shape index (κ1) is 13.4. The van der Waals surface area contributed by atoms with Gasteiger partial charge in [-0.2, -0.15) is 5.26 Å². The Hall–Kier alpha value is -1.63. The van der Waals surface area contributed by atoms with Crippen LogP contribution >= 0.6 is 15.9 Å². The highest BCUT2D eigenvalue weighted by Gasteiger charge is 2.39. The molecule has 0 aromatic heterocycles. The molecule has 3 rings (SSSR count). The average molecular weight is 327 g/mol. The summed E-state index contributed by atoms with van der Waals surface area (Å²) in [5.74, 6) is 0. The molecule has 1 unspecified atom stereocenters. The van der Waals surface area contributed by atoms with Gasteiger partial charge in [-0.05, 0) is 35.6 Å². The van der Waals surface area contributed by atoms with Crippen LogP contribution in [-0.4, -0.2) is 0 Å². The number of benzene rings is 2. The first-order valence-corrected chi connectivity index (χ1v) is 7.52. The van der Waals surface area contributed by atoms with E-state index in [1.165, 1.54) is 11.1 Å². The first-order valence-electron chi connectivity index (χ1n) is 6.73. The molecule has 2 aromatic rings. The van der Waals surface area contributed by atoms with Gasteiger partial charge in [-0.1, -0.05) is 58.4 Å². The zero-order valence-corrected chi connectivity index (χ0v) is 12.7. The number of hydrogen-bond acceptors (Lipinski definition) is 2. The van der Waals surface area contributed by atoms with Crippen molar-refractivity contribution in [1.82, 2.24) is 5.32 Å². The quantitative estimate of drug-likeness (QED) is 0.928. The number of rotatable bonds is 3. The summed E-state index contributed by atoms with van der Waals surface area (Å²) in [7, 11) is 0. The minimum Gasteiger partial charge on any atom is -0.292 e. The van der Waals surface area contributed by atoms with Crippen molar-refractivity contribution in [3.8, 4) is 6.07 Å². The second-order valence-corrected chi connectivity index (χ2v) is 5.98. The van der Waals surface area contributed by atoms with Gasteiger partial charge >= 0.3 is 0 Å². The predicted octanol–water partition coefficient (Wildman–Crippen LogP) is 3.90. The maximum Gasteiger partial charge on any atom is 0.133 e. The van der Waals surface area contributed by atoms with E-state index in [0.717, 1.165) is 22.9 Å². The fourth-order valence-electron chi connectivity index (χ4n) is 2.85. The molecule has 0 saturated heterocycles. The molecule has 0 spiro atoms. The maximum absolute atomic E-state index is 9.70. The molecule has 20 heavy (non-hydrogen) atoms. The van der Waals surface area contributed by atoms with E-state index in [1.807, 2.05) is 30.3 Å². The Morgan fingerprint density at radius 1 is 1.15 bits per heavy atom. The summed E-state index contributed by atoms with van der Waals surface area (Å²) in [6.07, 6.45) is 1.76. The lowest BCUT2D eigenvalue weighted by atomic mass is 9.93. The van der Waals surface area contributed by atoms with Crippen LogP contribution in [0.2, 0.25) is 0 Å². The molecule has 0 amide bonds. The molecule has 1 aliphatic carbocycles. The van der Waals surface area contributed by atoms with Crippen molar-refractivity contribution < 1.29 is 0 Å². The van der Waals surface area contributed by atoms with Crippen molar-refractivity contribution in [2.75, 3.05) is 0 Å². The Kier molecular flexibility index (Phi) is 3.60. The summed E-state index contributed by atoms with van der Waals surface area (Å²) >= 11 is 3.59. The third-order valence-corrected chi connectivity index (χ3v) is 4.70. The van der Waals surface area contributed by atoms with Crippen LogP contribution < -0.4 is 5.32 Å². The second kappa shape index (κ2) is 5.40. The fourth-order valence-corrected chi connectivity index (χ4v) is 3.41. The van der Waals surface area contributed by atoms with Gasteiger partial charge in [-0.25, -0.2) is 0 Å². The zero-order valence-electron chi connectivity index (χ0n) is 11.1. The SMILES string of the molecule is N#CC1(NCc2ccccc2)CCc2c(Br)cccc21. The number of nitriles is 1. The first-order chi connectivity index (χ1) is 9.75. The predicted molar refractivity (Wildman–Crippen MR) is 83.0 cm³/mol. The van der Waals surface area contributed by atoms with E-state index in [0.29, 0.717) is 6.54 Å². The van der Waals surface area contributed by atoms with Gasteiger partial charge in [0.25, 0.3) is 0 Å². The van der Waals surface area contributed by atoms with Crippen LogP contribution in [0.5, 0.6) is 0 Å². The Bertz CT molecular complexity index is 660. The van der Waals surface area contributed by atoms with Crippen molar-refractivity contribution in [2.45, 2.75) is 24.9 Å². The summed E-state index contributed by atoms with van der Waals surface area (Å²) in [5, 5.41) is 13.2. The fraction of sp³-hybridized carbons (Fsp3) is 0.235. The van der Waals surface area contributed by atoms with Crippen LogP contribution in [0.25, 0.3) is 0 Å². The van der Waals surface area contributed by atoms with Gasteiger partial charge in [0, 0.05) is 11.0 Å². The molecule has 0 heterocycles. The van der Waals surface area contributed by atoms with Crippen LogP contribution in [-0.2, 0) is 18.5 Å². The summed E-state index contributed by atoms with van der Waals surface area (Å²) in [5.41, 5.74) is 3.01. The van der Waals surface area contributed by atoms with Gasteiger partial charge in [0.15, 0.2) is 0 Å². The Morgan fingerprint density at radius 3 is 2.70 bits per heavy atom. The van der Waals surface area contributed by atoms with Crippen molar-refractivity contribution in [1.29, 1.82) is 5.26 Å². The molecule has 1 atom stereocenters. The molecule has 1 N–H and O–H groups in total. The maximum atomic E-state index is 9.70. The van der Waals surface area contributed by atoms with Crippen molar-refractivity contribution in [2.24, 2.45) is 0 Å². The molecule has 0 saturated carbocycles. The highest BCUT2D eigenvalue weighted by atomic mass is 79.9. The molecule has 1 aliphatic rings. The molecule has 100 valence electrons. The third kappa shape index (κ3) is 2.26. The number of hydrogen-bond donors (Lipinski definition) is 1. The zero-order chi connectivity index (χ0) is 14.0. The van der Waals surface area contributed by atoms with E-state index in [-0.39, 0.29) is 0 Å². The summed E-state index contributed by atoms with van der Waals surface area (Å²) in [4.78, 5) is 0. The molecule has 0 aliphatic heterocycles. The standard InChI is InChI=1S/C17H15BrN2/c18-16-8-4-7-15-14(16)9-10-17(15,12-19)20-11-13-5-2-1-3-6-13/h1-8,20H,9-11H2. The van der Waals surface area contributed by atoms with Gasteiger partial charge < -0.3 is 0 Å². The summed E-state index contributed by atoms with van der Waals surface area (Å²) in [6, 6.07) is 18.8. The summed E-state index contributed by atoms with van der Waals surface area (Å²) < 4.78 is 1.11. The van der Waals surface area contributed by atoms with E-state index in [2.05, 4.69) is 45.5 Å². The number of fused-ring (bicyclic) bond motifs is 1. The topological polar surface area (TPSA) is 35.8 Å². The average Bonchev–Trinajstić information content (AvgIpc) is 2.87. The minimum absolute atomic E-state index is 0.561. The van der Waals surface area contributed by atoms with Gasteiger partial charge in [-0.3, -0.25) is 5.32 Å². The summed E-state index contributed by atoms with van der Waals surface area (Å²) in [6.45, 7) is 0.709. The second-order valence-electron chi connectivity index (χ2n) is 5.12. The molecule has 3 heteroatoms. The molecular weight excluding hydrogens is 312 g/mol. The van der Waals surface area contributed by atoms with Gasteiger partial charge in [-0.15, -0.1) is 0 Å². The van der Waals surface area contributed by atoms with Crippen LogP contribution in [0.4, 0.5) is 0 Å². The lowest BCUT2D eigenvalue weighted by Crippen LogP contribution is -2.38. The van der Waals surface area contributed by atoms with E-state index in [1.54, 1.807) is 0 Å². The number of halogens is 1. The van der Waals surface area contributed by atoms with Crippen LogP contribution in [0.15, 0.2) is 53.0 Å². The Balaban J connectivity index is 1.88. The van der Waals surface area contributed by atoms with Crippen molar-refractivity contribution in [3.05, 3.63) is 69.7 Å². The monoisotopic (exact) mass is 326 g/mol. The van der Waals surface area contributed by atoms with Gasteiger partial charge in [0.1, 0.15) is 5.54 Å². The van der Waals surface area contributed by atoms with Crippen molar-refractivity contribution in [3.63, 3.8) is 0 Å². The van der Waals surface area contributed by atoms with Crippen molar-refractivity contribution >= 4 is 15.9 Å². The van der Waals surface area contributed by atoms with Crippen LogP contribution in [0, 0.1) is 11.3 Å². The van der Waals surface area contributed by atoms with E-state index >= 15 is 0 Å². The molecule has 2 aromatic carbocycles. The molecule has 0 fully saturated rings. The van der Waals surface area contributed by atoms with Gasteiger partial charge in [0.05, 0.1) is 6.07 Å². The Labute approximate surface area is 127 Å². The number of nitrogens with one attached hydrogen (secondary N) is 1. The largest absolute Gasteiger partial charge is 0.292 e. The van der Waals surface area contributed by atoms with E-state index in [4.69, 9.17) is 0 Å². The van der Waals surface area contributed by atoms with E-state index in [9.17, 15) is 5.26 Å². The Morgan fingerprint density at radius 2 is 1.95 bits per heavy atom. The molecular formula is C17H15BrN2. The third-order valence-electron chi connectivity index (χ3n) is 3.96. The number of nitrogens with zero attached hydrogens (tertiary/aromatic N) is 1. The highest BCUT2D eigenvalue weighted by Crippen LogP contribution is 2.40. The normalized spacial score (nSPS) is 20.4. The lowest BCUT2D eigenvalue weighted by molar-refractivity contribution is 0.423. The minimum atomic E-state index is -0.561.